The number of carbonyl (C=O) groups excluding carboxylic acids is 1. The lowest BCUT2D eigenvalue weighted by atomic mass is 10.2. The fourth-order valence-electron chi connectivity index (χ4n) is 3.02. The zero-order valence-electron chi connectivity index (χ0n) is 15.1. The van der Waals surface area contributed by atoms with Gasteiger partial charge in [0.25, 0.3) is 0 Å². The first-order valence-corrected chi connectivity index (χ1v) is 9.21. The molecular weight excluding hydrogens is 383 g/mol. The zero-order valence-corrected chi connectivity index (χ0v) is 15.9. The van der Waals surface area contributed by atoms with Crippen molar-refractivity contribution in [2.24, 2.45) is 0 Å². The van der Waals surface area contributed by atoms with Crippen molar-refractivity contribution in [3.63, 3.8) is 0 Å². The quantitative estimate of drug-likeness (QED) is 0.767. The van der Waals surface area contributed by atoms with E-state index in [0.29, 0.717) is 12.2 Å². The predicted octanol–water partition coefficient (Wildman–Crippen LogP) is 3.66. The number of aryl methyl sites for hydroxylation is 2. The first-order chi connectivity index (χ1) is 12.7. The third kappa shape index (κ3) is 4.28. The van der Waals surface area contributed by atoms with E-state index < -0.39 is 11.9 Å². The van der Waals surface area contributed by atoms with Crippen molar-refractivity contribution >= 4 is 17.5 Å². The average molecular weight is 404 g/mol. The van der Waals surface area contributed by atoms with Gasteiger partial charge in [-0.2, -0.15) is 23.4 Å². The lowest BCUT2D eigenvalue weighted by Gasteiger charge is -2.08. The van der Waals surface area contributed by atoms with Gasteiger partial charge >= 0.3 is 6.18 Å². The molecule has 0 aromatic carbocycles. The van der Waals surface area contributed by atoms with Gasteiger partial charge < -0.3 is 5.32 Å². The maximum Gasteiger partial charge on any atom is 0.436 e. The average Bonchev–Trinajstić information content (AvgIpc) is 3.28. The Bertz CT molecular complexity index is 838. The highest BCUT2D eigenvalue weighted by atomic mass is 35.5. The minimum absolute atomic E-state index is 0.00769. The molecule has 2 aromatic rings. The van der Waals surface area contributed by atoms with Crippen molar-refractivity contribution in [3.05, 3.63) is 33.9 Å². The van der Waals surface area contributed by atoms with Gasteiger partial charge in [0.15, 0.2) is 5.69 Å². The first kappa shape index (κ1) is 19.7. The summed E-state index contributed by atoms with van der Waals surface area (Å²) in [7, 11) is 0. The van der Waals surface area contributed by atoms with E-state index in [1.54, 1.807) is 6.20 Å². The number of amides is 1. The molecule has 0 aliphatic heterocycles. The Balaban J connectivity index is 1.62. The number of halogens is 4. The smallest absolute Gasteiger partial charge is 0.352 e. The Morgan fingerprint density at radius 3 is 2.63 bits per heavy atom. The topological polar surface area (TPSA) is 64.7 Å². The van der Waals surface area contributed by atoms with Crippen LogP contribution in [0.1, 0.15) is 54.7 Å². The number of carbonyl (C=O) groups is 1. The van der Waals surface area contributed by atoms with Crippen LogP contribution in [0.3, 0.4) is 0 Å². The van der Waals surface area contributed by atoms with Gasteiger partial charge in [-0.1, -0.05) is 11.6 Å². The Morgan fingerprint density at radius 1 is 1.37 bits per heavy atom. The highest BCUT2D eigenvalue weighted by molar-refractivity contribution is 6.32. The number of hydrogen-bond donors (Lipinski definition) is 1. The summed E-state index contributed by atoms with van der Waals surface area (Å²) in [6.07, 6.45) is -1.31. The Hall–Kier alpha value is -2.03. The van der Waals surface area contributed by atoms with Crippen LogP contribution in [-0.2, 0) is 30.6 Å². The third-order valence-corrected chi connectivity index (χ3v) is 5.07. The van der Waals surface area contributed by atoms with E-state index in [9.17, 15) is 18.0 Å². The van der Waals surface area contributed by atoms with Crippen LogP contribution in [0, 0.1) is 6.92 Å². The highest BCUT2D eigenvalue weighted by Crippen LogP contribution is 2.46. The third-order valence-electron chi connectivity index (χ3n) is 4.70. The van der Waals surface area contributed by atoms with Gasteiger partial charge in [-0.05, 0) is 26.7 Å². The molecule has 0 bridgehead atoms. The maximum atomic E-state index is 13.1. The molecule has 10 heteroatoms. The Morgan fingerprint density at radius 2 is 2.07 bits per heavy atom. The van der Waals surface area contributed by atoms with Crippen LogP contribution < -0.4 is 5.32 Å². The van der Waals surface area contributed by atoms with Crippen LogP contribution in [0.15, 0.2) is 6.20 Å². The van der Waals surface area contributed by atoms with Crippen LogP contribution in [0.25, 0.3) is 0 Å². The normalized spacial score (nSPS) is 14.6. The minimum Gasteiger partial charge on any atom is -0.352 e. The van der Waals surface area contributed by atoms with Gasteiger partial charge in [-0.25, -0.2) is 0 Å². The number of rotatable bonds is 7. The molecule has 2 aromatic heterocycles. The van der Waals surface area contributed by atoms with E-state index >= 15 is 0 Å². The van der Waals surface area contributed by atoms with Crippen molar-refractivity contribution < 1.29 is 18.0 Å². The molecule has 0 radical (unpaired) electrons. The number of nitrogens with one attached hydrogen (secondary N) is 1. The van der Waals surface area contributed by atoms with Crippen molar-refractivity contribution in [2.75, 3.05) is 0 Å². The van der Waals surface area contributed by atoms with Crippen LogP contribution in [0.2, 0.25) is 5.02 Å². The fourth-order valence-corrected chi connectivity index (χ4v) is 3.42. The van der Waals surface area contributed by atoms with E-state index in [4.69, 9.17) is 11.6 Å². The molecule has 0 spiro atoms. The van der Waals surface area contributed by atoms with Crippen molar-refractivity contribution in [1.29, 1.82) is 0 Å². The summed E-state index contributed by atoms with van der Waals surface area (Å²) in [5.41, 5.74) is 1.19. The standard InChI is InChI=1S/C17H21ClF3N5O/c1-3-25-10(2)12(9-23-25)8-22-13(27)6-7-26-15(11-4-5-11)14(18)16(24-26)17(19,20)21/h9,11H,3-8H2,1-2H3,(H,22,27). The van der Waals surface area contributed by atoms with E-state index in [2.05, 4.69) is 15.5 Å². The highest BCUT2D eigenvalue weighted by Gasteiger charge is 2.41. The summed E-state index contributed by atoms with van der Waals surface area (Å²) in [4.78, 5) is 12.1. The molecule has 1 aliphatic carbocycles. The minimum atomic E-state index is -4.61. The van der Waals surface area contributed by atoms with E-state index in [0.717, 1.165) is 30.6 Å². The summed E-state index contributed by atoms with van der Waals surface area (Å²) in [6.45, 7) is 5.02. The Kier molecular flexibility index (Phi) is 5.50. The van der Waals surface area contributed by atoms with Gasteiger partial charge in [0.1, 0.15) is 0 Å². The maximum absolute atomic E-state index is 13.1. The lowest BCUT2D eigenvalue weighted by molar-refractivity contribution is -0.141. The van der Waals surface area contributed by atoms with Gasteiger partial charge in [-0.15, -0.1) is 0 Å². The molecule has 1 N–H and O–H groups in total. The number of aromatic nitrogens is 4. The second kappa shape index (κ2) is 7.53. The van der Waals surface area contributed by atoms with Gasteiger partial charge in [0.2, 0.25) is 5.91 Å². The van der Waals surface area contributed by atoms with Crippen LogP contribution >= 0.6 is 11.6 Å². The molecule has 2 heterocycles. The number of alkyl halides is 3. The molecule has 27 heavy (non-hydrogen) atoms. The predicted molar refractivity (Wildman–Crippen MR) is 93.3 cm³/mol. The number of nitrogens with zero attached hydrogens (tertiary/aromatic N) is 4. The summed E-state index contributed by atoms with van der Waals surface area (Å²) in [5.74, 6) is -0.271. The van der Waals surface area contributed by atoms with E-state index in [1.807, 2.05) is 18.5 Å². The van der Waals surface area contributed by atoms with Crippen molar-refractivity contribution in [2.45, 2.75) is 64.8 Å². The fraction of sp³-hybridized carbons (Fsp3) is 0.588. The summed E-state index contributed by atoms with van der Waals surface area (Å²) in [6, 6.07) is 0. The van der Waals surface area contributed by atoms with Crippen molar-refractivity contribution in [3.8, 4) is 0 Å². The second-order valence-corrected chi connectivity index (χ2v) is 7.02. The Labute approximate surface area is 159 Å². The molecule has 0 saturated heterocycles. The molecule has 6 nitrogen and oxygen atoms in total. The summed E-state index contributed by atoms with van der Waals surface area (Å²) in [5, 5.41) is 10.3. The monoisotopic (exact) mass is 403 g/mol. The SMILES string of the molecule is CCn1ncc(CNC(=O)CCn2nc(C(F)(F)F)c(Cl)c2C2CC2)c1C. The van der Waals surface area contributed by atoms with Gasteiger partial charge in [0.05, 0.1) is 23.5 Å². The van der Waals surface area contributed by atoms with Crippen LogP contribution in [0.4, 0.5) is 13.2 Å². The van der Waals surface area contributed by atoms with Gasteiger partial charge in [0, 0.05) is 36.7 Å². The van der Waals surface area contributed by atoms with E-state index in [1.165, 1.54) is 4.68 Å². The second-order valence-electron chi connectivity index (χ2n) is 6.64. The van der Waals surface area contributed by atoms with Crippen molar-refractivity contribution in [1.82, 2.24) is 24.9 Å². The molecule has 0 unspecified atom stereocenters. The van der Waals surface area contributed by atoms with Crippen LogP contribution in [-0.4, -0.2) is 25.5 Å². The van der Waals surface area contributed by atoms with Gasteiger partial charge in [-0.3, -0.25) is 14.2 Å². The molecule has 3 rings (SSSR count). The summed E-state index contributed by atoms with van der Waals surface area (Å²) >= 11 is 5.93. The molecule has 148 valence electrons. The summed E-state index contributed by atoms with van der Waals surface area (Å²) < 4.78 is 42.2. The zero-order chi connectivity index (χ0) is 19.8. The molecule has 1 fully saturated rings. The first-order valence-electron chi connectivity index (χ1n) is 8.83. The lowest BCUT2D eigenvalue weighted by Crippen LogP contribution is -2.24. The molecule has 0 atom stereocenters. The molecule has 1 amide bonds. The largest absolute Gasteiger partial charge is 0.436 e. The van der Waals surface area contributed by atoms with E-state index in [-0.39, 0.29) is 29.8 Å². The van der Waals surface area contributed by atoms with Crippen LogP contribution in [0.5, 0.6) is 0 Å². The molecular formula is C17H21ClF3N5O. The molecule has 1 saturated carbocycles. The number of hydrogen-bond acceptors (Lipinski definition) is 3. The molecule has 1 aliphatic rings.